The average molecular weight is 205 g/mol. The molecule has 0 aliphatic heterocycles. The van der Waals surface area contributed by atoms with E-state index in [1.807, 2.05) is 33.1 Å². The fraction of sp³-hybridized carbons (Fsp3) is 0.111. The van der Waals surface area contributed by atoms with E-state index in [9.17, 15) is 0 Å². The number of aromatic nitrogens is 2. The van der Waals surface area contributed by atoms with Crippen LogP contribution in [0, 0.1) is 0 Å². The van der Waals surface area contributed by atoms with E-state index in [-0.39, 0.29) is 5.28 Å². The summed E-state index contributed by atoms with van der Waals surface area (Å²) in [7, 11) is 3.82. The molecule has 14 heavy (non-hydrogen) atoms. The molecule has 0 atom stereocenters. The molecule has 2 rings (SSSR count). The smallest absolute Gasteiger partial charge is 0.224 e. The lowest BCUT2D eigenvalue weighted by Gasteiger charge is -2.06. The molecule has 0 aliphatic carbocycles. The van der Waals surface area contributed by atoms with Gasteiger partial charge in [0.25, 0.3) is 0 Å². The van der Waals surface area contributed by atoms with Gasteiger partial charge in [0.05, 0.1) is 5.52 Å². The Kier molecular flexibility index (Phi) is 2.29. The molecule has 0 bridgehead atoms. The van der Waals surface area contributed by atoms with Gasteiger partial charge in [0.1, 0.15) is 13.7 Å². The minimum absolute atomic E-state index is 0.274. The standard InChI is InChI=1S/C9H9BClN3/c1-12-8-5-3-2-4-6(10)7(5)13-9(11)14-8/h2-4H,10H2,1H3,(H,12,13,14). The van der Waals surface area contributed by atoms with Crippen molar-refractivity contribution in [2.75, 3.05) is 12.4 Å². The Balaban J connectivity index is 2.87. The lowest BCUT2D eigenvalue weighted by atomic mass is 9.93. The molecule has 0 amide bonds. The van der Waals surface area contributed by atoms with Gasteiger partial charge in [-0.15, -0.1) is 0 Å². The number of fused-ring (bicyclic) bond motifs is 1. The molecular formula is C9H9BClN3. The summed E-state index contributed by atoms with van der Waals surface area (Å²) in [4.78, 5) is 8.30. The maximum absolute atomic E-state index is 5.81. The van der Waals surface area contributed by atoms with Crippen LogP contribution in [0.1, 0.15) is 0 Å². The highest BCUT2D eigenvalue weighted by Crippen LogP contribution is 2.19. The average Bonchev–Trinajstić information content (AvgIpc) is 2.18. The van der Waals surface area contributed by atoms with Crippen LogP contribution in [0.15, 0.2) is 18.2 Å². The monoisotopic (exact) mass is 205 g/mol. The Morgan fingerprint density at radius 3 is 2.86 bits per heavy atom. The molecule has 1 heterocycles. The van der Waals surface area contributed by atoms with E-state index >= 15 is 0 Å². The second kappa shape index (κ2) is 3.46. The van der Waals surface area contributed by atoms with Crippen LogP contribution < -0.4 is 10.8 Å². The topological polar surface area (TPSA) is 37.8 Å². The Bertz CT molecular complexity index is 487. The Hall–Kier alpha value is -1.29. The van der Waals surface area contributed by atoms with Crippen LogP contribution in [0.3, 0.4) is 0 Å². The SMILES string of the molecule is Bc1cccc2c(NC)nc(Cl)nc12. The van der Waals surface area contributed by atoms with Gasteiger partial charge >= 0.3 is 0 Å². The number of anilines is 1. The van der Waals surface area contributed by atoms with Gasteiger partial charge in [-0.05, 0) is 17.7 Å². The molecule has 0 aliphatic rings. The summed E-state index contributed by atoms with van der Waals surface area (Å²) in [6.07, 6.45) is 0. The third-order valence-corrected chi connectivity index (χ3v) is 2.31. The first-order valence-electron chi connectivity index (χ1n) is 4.33. The van der Waals surface area contributed by atoms with Crippen LogP contribution in [0.2, 0.25) is 5.28 Å². The van der Waals surface area contributed by atoms with Gasteiger partial charge in [-0.25, -0.2) is 9.97 Å². The normalized spacial score (nSPS) is 10.4. The molecular weight excluding hydrogens is 196 g/mol. The van der Waals surface area contributed by atoms with Gasteiger partial charge < -0.3 is 5.32 Å². The zero-order chi connectivity index (χ0) is 10.1. The predicted octanol–water partition coefficient (Wildman–Crippen LogP) is 0.583. The van der Waals surface area contributed by atoms with Crippen molar-refractivity contribution < 1.29 is 0 Å². The Morgan fingerprint density at radius 2 is 2.14 bits per heavy atom. The number of halogens is 1. The van der Waals surface area contributed by atoms with Crippen molar-refractivity contribution in [3.05, 3.63) is 23.5 Å². The number of rotatable bonds is 1. The van der Waals surface area contributed by atoms with Crippen molar-refractivity contribution in [1.82, 2.24) is 9.97 Å². The zero-order valence-electron chi connectivity index (χ0n) is 8.00. The fourth-order valence-electron chi connectivity index (χ4n) is 1.46. The summed E-state index contributed by atoms with van der Waals surface area (Å²) in [6.45, 7) is 0. The molecule has 70 valence electrons. The summed E-state index contributed by atoms with van der Waals surface area (Å²) < 4.78 is 0. The first-order chi connectivity index (χ1) is 6.72. The number of hydrogen-bond acceptors (Lipinski definition) is 3. The maximum Gasteiger partial charge on any atom is 0.224 e. The first-order valence-corrected chi connectivity index (χ1v) is 4.71. The van der Waals surface area contributed by atoms with Crippen LogP contribution in [0.25, 0.3) is 10.9 Å². The van der Waals surface area contributed by atoms with Gasteiger partial charge in [0, 0.05) is 12.4 Å². The largest absolute Gasteiger partial charge is 0.372 e. The molecule has 0 saturated heterocycles. The number of nitrogens with one attached hydrogen (secondary N) is 1. The molecule has 2 aromatic rings. The van der Waals surface area contributed by atoms with Gasteiger partial charge in [0.15, 0.2) is 0 Å². The van der Waals surface area contributed by atoms with Crippen molar-refractivity contribution in [2.24, 2.45) is 0 Å². The molecule has 5 heteroatoms. The Labute approximate surface area is 87.9 Å². The van der Waals surface area contributed by atoms with E-state index in [0.717, 1.165) is 22.2 Å². The number of benzene rings is 1. The summed E-state index contributed by atoms with van der Waals surface area (Å²) in [5.41, 5.74) is 2.00. The van der Waals surface area contributed by atoms with E-state index in [4.69, 9.17) is 11.6 Å². The van der Waals surface area contributed by atoms with Crippen molar-refractivity contribution >= 4 is 41.6 Å². The second-order valence-corrected chi connectivity index (χ2v) is 3.40. The lowest BCUT2D eigenvalue weighted by molar-refractivity contribution is 1.21. The summed E-state index contributed by atoms with van der Waals surface area (Å²) in [6, 6.07) is 5.96. The van der Waals surface area contributed by atoms with Gasteiger partial charge in [-0.1, -0.05) is 17.6 Å². The summed E-state index contributed by atoms with van der Waals surface area (Å²) in [5.74, 6) is 0.767. The molecule has 0 saturated carbocycles. The van der Waals surface area contributed by atoms with Gasteiger partial charge in [-0.2, -0.15) is 0 Å². The quantitative estimate of drug-likeness (QED) is 0.547. The van der Waals surface area contributed by atoms with Crippen LogP contribution >= 0.6 is 11.6 Å². The molecule has 1 aromatic heterocycles. The third-order valence-electron chi connectivity index (χ3n) is 2.14. The molecule has 1 N–H and O–H groups in total. The highest BCUT2D eigenvalue weighted by molar-refractivity contribution is 6.39. The number of hydrogen-bond donors (Lipinski definition) is 1. The van der Waals surface area contributed by atoms with E-state index < -0.39 is 0 Å². The van der Waals surface area contributed by atoms with E-state index in [1.54, 1.807) is 0 Å². The Morgan fingerprint density at radius 1 is 1.36 bits per heavy atom. The van der Waals surface area contributed by atoms with Crippen LogP contribution in [-0.4, -0.2) is 24.9 Å². The lowest BCUT2D eigenvalue weighted by Crippen LogP contribution is -2.07. The number of nitrogens with zero attached hydrogens (tertiary/aromatic N) is 2. The van der Waals surface area contributed by atoms with Crippen LogP contribution in [0.5, 0.6) is 0 Å². The number of para-hydroxylation sites is 1. The highest BCUT2D eigenvalue weighted by atomic mass is 35.5. The molecule has 0 fully saturated rings. The molecule has 0 radical (unpaired) electrons. The first kappa shape index (κ1) is 9.28. The molecule has 0 spiro atoms. The van der Waals surface area contributed by atoms with E-state index in [2.05, 4.69) is 15.3 Å². The van der Waals surface area contributed by atoms with Crippen molar-refractivity contribution in [1.29, 1.82) is 0 Å². The van der Waals surface area contributed by atoms with Crippen molar-refractivity contribution in [3.63, 3.8) is 0 Å². The van der Waals surface area contributed by atoms with E-state index in [0.29, 0.717) is 0 Å². The molecule has 0 unspecified atom stereocenters. The minimum atomic E-state index is 0.274. The highest BCUT2D eigenvalue weighted by Gasteiger charge is 2.05. The molecule has 1 aromatic carbocycles. The van der Waals surface area contributed by atoms with Crippen LogP contribution in [-0.2, 0) is 0 Å². The van der Waals surface area contributed by atoms with Gasteiger partial charge in [0.2, 0.25) is 5.28 Å². The minimum Gasteiger partial charge on any atom is -0.372 e. The maximum atomic E-state index is 5.81. The zero-order valence-corrected chi connectivity index (χ0v) is 8.76. The fourth-order valence-corrected chi connectivity index (χ4v) is 1.63. The van der Waals surface area contributed by atoms with Crippen molar-refractivity contribution in [3.8, 4) is 0 Å². The van der Waals surface area contributed by atoms with Crippen molar-refractivity contribution in [2.45, 2.75) is 0 Å². The predicted molar refractivity (Wildman–Crippen MR) is 62.3 cm³/mol. The third kappa shape index (κ3) is 1.42. The summed E-state index contributed by atoms with van der Waals surface area (Å²) >= 11 is 5.81. The molecule has 3 nitrogen and oxygen atoms in total. The summed E-state index contributed by atoms with van der Waals surface area (Å²) in [5, 5.41) is 4.27. The second-order valence-electron chi connectivity index (χ2n) is 3.06. The van der Waals surface area contributed by atoms with Crippen LogP contribution in [0.4, 0.5) is 5.82 Å². The van der Waals surface area contributed by atoms with E-state index in [1.165, 1.54) is 0 Å². The van der Waals surface area contributed by atoms with Gasteiger partial charge in [-0.3, -0.25) is 0 Å².